The molecule has 2 aromatic rings. The number of hydrogen-bond donors (Lipinski definition) is 0. The van der Waals surface area contributed by atoms with Gasteiger partial charge in [-0.25, -0.2) is 12.8 Å². The maximum atomic E-state index is 12.9. The van der Waals surface area contributed by atoms with Crippen LogP contribution in [-0.4, -0.2) is 37.6 Å². The third-order valence-corrected chi connectivity index (χ3v) is 6.61. The van der Waals surface area contributed by atoms with Crippen LogP contribution in [0.2, 0.25) is 0 Å². The van der Waals surface area contributed by atoms with Crippen molar-refractivity contribution in [3.8, 4) is 0 Å². The van der Waals surface area contributed by atoms with Gasteiger partial charge in [0.25, 0.3) is 5.91 Å². The van der Waals surface area contributed by atoms with Gasteiger partial charge in [-0.05, 0) is 49.2 Å². The van der Waals surface area contributed by atoms with Gasteiger partial charge in [-0.3, -0.25) is 4.79 Å². The van der Waals surface area contributed by atoms with E-state index < -0.39 is 15.1 Å². The van der Waals surface area contributed by atoms with Crippen LogP contribution in [0.5, 0.6) is 0 Å². The summed E-state index contributed by atoms with van der Waals surface area (Å²) in [6, 6.07) is 13.8. The van der Waals surface area contributed by atoms with Crippen LogP contribution in [0.3, 0.4) is 0 Å². The fourth-order valence-electron chi connectivity index (χ4n) is 2.95. The SMILES string of the molecule is O=C(c1ccc(F)cc1)N1CCC(S(=O)(=O)c2ccccc2)CC1. The Labute approximate surface area is 140 Å². The molecule has 126 valence electrons. The van der Waals surface area contributed by atoms with Crippen molar-refractivity contribution in [3.05, 3.63) is 66.0 Å². The topological polar surface area (TPSA) is 54.5 Å². The molecule has 1 aliphatic heterocycles. The first-order valence-electron chi connectivity index (χ1n) is 7.82. The van der Waals surface area contributed by atoms with Crippen molar-refractivity contribution >= 4 is 15.7 Å². The van der Waals surface area contributed by atoms with E-state index in [1.807, 2.05) is 0 Å². The van der Waals surface area contributed by atoms with Gasteiger partial charge in [0.2, 0.25) is 0 Å². The number of hydrogen-bond acceptors (Lipinski definition) is 3. The number of benzene rings is 2. The number of carbonyl (C=O) groups excluding carboxylic acids is 1. The smallest absolute Gasteiger partial charge is 0.253 e. The second-order valence-electron chi connectivity index (χ2n) is 5.86. The van der Waals surface area contributed by atoms with Gasteiger partial charge < -0.3 is 4.90 Å². The summed E-state index contributed by atoms with van der Waals surface area (Å²) in [6.07, 6.45) is 0.814. The number of amides is 1. The lowest BCUT2D eigenvalue weighted by Crippen LogP contribution is -2.42. The molecule has 0 N–H and O–H groups in total. The molecule has 0 unspecified atom stereocenters. The van der Waals surface area contributed by atoms with E-state index in [4.69, 9.17) is 0 Å². The monoisotopic (exact) mass is 347 g/mol. The van der Waals surface area contributed by atoms with E-state index in [9.17, 15) is 17.6 Å². The third kappa shape index (κ3) is 3.33. The summed E-state index contributed by atoms with van der Waals surface area (Å²) in [5, 5.41) is -0.475. The van der Waals surface area contributed by atoms with E-state index >= 15 is 0 Å². The van der Waals surface area contributed by atoms with Crippen LogP contribution in [-0.2, 0) is 9.84 Å². The quantitative estimate of drug-likeness (QED) is 0.858. The maximum absolute atomic E-state index is 12.9. The Morgan fingerprint density at radius 3 is 2.12 bits per heavy atom. The molecular formula is C18H18FNO3S. The highest BCUT2D eigenvalue weighted by molar-refractivity contribution is 7.92. The fourth-order valence-corrected chi connectivity index (χ4v) is 4.70. The molecule has 1 fully saturated rings. The van der Waals surface area contributed by atoms with E-state index in [-0.39, 0.29) is 11.7 Å². The molecule has 24 heavy (non-hydrogen) atoms. The van der Waals surface area contributed by atoms with Crippen LogP contribution in [0.15, 0.2) is 59.5 Å². The number of halogens is 1. The molecule has 2 aromatic carbocycles. The van der Waals surface area contributed by atoms with Gasteiger partial charge in [0.15, 0.2) is 9.84 Å². The number of nitrogens with zero attached hydrogens (tertiary/aromatic N) is 1. The summed E-state index contributed by atoms with van der Waals surface area (Å²) in [5.74, 6) is -0.579. The minimum Gasteiger partial charge on any atom is -0.339 e. The molecule has 4 nitrogen and oxygen atoms in total. The molecule has 0 spiro atoms. The van der Waals surface area contributed by atoms with Crippen LogP contribution in [0.4, 0.5) is 4.39 Å². The van der Waals surface area contributed by atoms with Crippen LogP contribution >= 0.6 is 0 Å². The first kappa shape index (κ1) is 16.6. The number of piperidine rings is 1. The zero-order valence-electron chi connectivity index (χ0n) is 13.1. The summed E-state index contributed by atoms with van der Waals surface area (Å²) in [7, 11) is -3.37. The van der Waals surface area contributed by atoms with Crippen molar-refractivity contribution in [1.82, 2.24) is 4.90 Å². The Kier molecular flexibility index (Phi) is 4.66. The Bertz CT molecular complexity index is 811. The highest BCUT2D eigenvalue weighted by Crippen LogP contribution is 2.25. The second-order valence-corrected chi connectivity index (χ2v) is 8.08. The standard InChI is InChI=1S/C18H18FNO3S/c19-15-8-6-14(7-9-15)18(21)20-12-10-17(11-13-20)24(22,23)16-4-2-1-3-5-16/h1-9,17H,10-13H2. The van der Waals surface area contributed by atoms with Crippen LogP contribution < -0.4 is 0 Å². The largest absolute Gasteiger partial charge is 0.339 e. The predicted octanol–water partition coefficient (Wildman–Crippen LogP) is 2.90. The van der Waals surface area contributed by atoms with E-state index in [1.54, 1.807) is 35.2 Å². The lowest BCUT2D eigenvalue weighted by Gasteiger charge is -2.31. The van der Waals surface area contributed by atoms with Gasteiger partial charge in [-0.15, -0.1) is 0 Å². The highest BCUT2D eigenvalue weighted by Gasteiger charge is 2.32. The molecule has 0 aliphatic carbocycles. The second kappa shape index (κ2) is 6.73. The first-order chi connectivity index (χ1) is 11.5. The van der Waals surface area contributed by atoms with Crippen molar-refractivity contribution < 1.29 is 17.6 Å². The van der Waals surface area contributed by atoms with Crippen molar-refractivity contribution in [3.63, 3.8) is 0 Å². The van der Waals surface area contributed by atoms with Crippen LogP contribution in [0.25, 0.3) is 0 Å². The van der Waals surface area contributed by atoms with E-state index in [1.165, 1.54) is 24.3 Å². The van der Waals surface area contributed by atoms with Gasteiger partial charge in [0.1, 0.15) is 5.82 Å². The number of likely N-dealkylation sites (tertiary alicyclic amines) is 1. The number of sulfone groups is 1. The van der Waals surface area contributed by atoms with Gasteiger partial charge in [-0.1, -0.05) is 18.2 Å². The molecule has 1 aliphatic rings. The van der Waals surface area contributed by atoms with Crippen LogP contribution in [0.1, 0.15) is 23.2 Å². The van der Waals surface area contributed by atoms with Crippen molar-refractivity contribution in [2.24, 2.45) is 0 Å². The molecule has 0 aromatic heterocycles. The summed E-state index contributed by atoms with van der Waals surface area (Å²) in [4.78, 5) is 14.3. The van der Waals surface area contributed by atoms with Gasteiger partial charge in [-0.2, -0.15) is 0 Å². The molecule has 0 bridgehead atoms. The number of carbonyl (C=O) groups is 1. The molecule has 1 heterocycles. The highest BCUT2D eigenvalue weighted by atomic mass is 32.2. The number of rotatable bonds is 3. The predicted molar refractivity (Wildman–Crippen MR) is 89.0 cm³/mol. The molecule has 6 heteroatoms. The third-order valence-electron chi connectivity index (χ3n) is 4.33. The van der Waals surface area contributed by atoms with Crippen LogP contribution in [0, 0.1) is 5.82 Å². The molecule has 1 amide bonds. The average Bonchev–Trinajstić information content (AvgIpc) is 2.62. The zero-order chi connectivity index (χ0) is 17.2. The Morgan fingerprint density at radius 2 is 1.54 bits per heavy atom. The summed E-state index contributed by atoms with van der Waals surface area (Å²) < 4.78 is 38.2. The minimum absolute atomic E-state index is 0.189. The van der Waals surface area contributed by atoms with Crippen molar-refractivity contribution in [1.29, 1.82) is 0 Å². The van der Waals surface area contributed by atoms with E-state index in [2.05, 4.69) is 0 Å². The molecule has 0 radical (unpaired) electrons. The Hall–Kier alpha value is -2.21. The normalized spacial score (nSPS) is 16.1. The Balaban J connectivity index is 1.67. The fraction of sp³-hybridized carbons (Fsp3) is 0.278. The van der Waals surface area contributed by atoms with E-state index in [0.29, 0.717) is 36.4 Å². The molecule has 0 saturated carbocycles. The lowest BCUT2D eigenvalue weighted by atomic mass is 10.1. The first-order valence-corrected chi connectivity index (χ1v) is 9.37. The van der Waals surface area contributed by atoms with Gasteiger partial charge in [0, 0.05) is 18.7 Å². The minimum atomic E-state index is -3.37. The maximum Gasteiger partial charge on any atom is 0.253 e. The van der Waals surface area contributed by atoms with Gasteiger partial charge in [0.05, 0.1) is 10.1 Å². The van der Waals surface area contributed by atoms with E-state index in [0.717, 1.165) is 0 Å². The summed E-state index contributed by atoms with van der Waals surface area (Å²) >= 11 is 0. The Morgan fingerprint density at radius 1 is 0.958 bits per heavy atom. The summed E-state index contributed by atoms with van der Waals surface area (Å²) in [5.41, 5.74) is 0.417. The van der Waals surface area contributed by atoms with Crippen molar-refractivity contribution in [2.45, 2.75) is 23.0 Å². The molecule has 3 rings (SSSR count). The van der Waals surface area contributed by atoms with Crippen molar-refractivity contribution in [2.75, 3.05) is 13.1 Å². The zero-order valence-corrected chi connectivity index (χ0v) is 13.9. The lowest BCUT2D eigenvalue weighted by molar-refractivity contribution is 0.0725. The molecule has 0 atom stereocenters. The average molecular weight is 347 g/mol. The van der Waals surface area contributed by atoms with Gasteiger partial charge >= 0.3 is 0 Å². The molecule has 1 saturated heterocycles. The summed E-state index contributed by atoms with van der Waals surface area (Å²) in [6.45, 7) is 0.764. The molecular weight excluding hydrogens is 329 g/mol.